The molecule has 3 aromatic heterocycles. The number of benzene rings is 1. The summed E-state index contributed by atoms with van der Waals surface area (Å²) in [4.78, 5) is 22.8. The number of pyridine rings is 1. The van der Waals surface area contributed by atoms with Gasteiger partial charge in [-0.05, 0) is 43.9 Å². The number of H-pyrrole nitrogens is 1. The number of rotatable bonds is 5. The molecule has 2 fully saturated rings. The van der Waals surface area contributed by atoms with E-state index in [9.17, 15) is 4.79 Å². The van der Waals surface area contributed by atoms with Crippen molar-refractivity contribution in [1.82, 2.24) is 29.6 Å². The second-order valence-electron chi connectivity index (χ2n) is 9.08. The van der Waals surface area contributed by atoms with Gasteiger partial charge in [0.2, 0.25) is 0 Å². The van der Waals surface area contributed by atoms with Crippen LogP contribution in [0.25, 0.3) is 27.8 Å². The minimum Gasteiger partial charge on any atom is -0.494 e. The molecule has 1 aliphatic heterocycles. The van der Waals surface area contributed by atoms with Crippen molar-refractivity contribution in [3.63, 3.8) is 0 Å². The summed E-state index contributed by atoms with van der Waals surface area (Å²) in [5, 5.41) is 8.90. The number of morpholine rings is 1. The van der Waals surface area contributed by atoms with Crippen molar-refractivity contribution in [3.8, 4) is 17.2 Å². The predicted octanol–water partition coefficient (Wildman–Crippen LogP) is 2.69. The first kappa shape index (κ1) is 22.0. The highest BCUT2D eigenvalue weighted by molar-refractivity contribution is 5.87. The SMILES string of the molecule is COc1cnnc2ccc(-n3c(=O)[nH]c4nccc(OC5CCC(N6CCOCC6)CC5)c43)cc12. The Morgan fingerprint density at radius 2 is 1.91 bits per heavy atom. The van der Waals surface area contributed by atoms with Gasteiger partial charge < -0.3 is 14.2 Å². The number of aromatic nitrogens is 5. The van der Waals surface area contributed by atoms with Crippen LogP contribution in [0.4, 0.5) is 0 Å². The van der Waals surface area contributed by atoms with Crippen LogP contribution in [0.2, 0.25) is 0 Å². The molecule has 1 aliphatic carbocycles. The molecule has 0 unspecified atom stereocenters. The number of fused-ring (bicyclic) bond motifs is 2. The third kappa shape index (κ3) is 4.12. The number of hydrogen-bond acceptors (Lipinski definition) is 8. The summed E-state index contributed by atoms with van der Waals surface area (Å²) in [6, 6.07) is 7.98. The van der Waals surface area contributed by atoms with Gasteiger partial charge in [-0.25, -0.2) is 9.78 Å². The van der Waals surface area contributed by atoms with Gasteiger partial charge in [-0.3, -0.25) is 14.5 Å². The van der Waals surface area contributed by atoms with E-state index < -0.39 is 0 Å². The van der Waals surface area contributed by atoms with Crippen molar-refractivity contribution < 1.29 is 14.2 Å². The highest BCUT2D eigenvalue weighted by atomic mass is 16.5. The Morgan fingerprint density at radius 1 is 1.09 bits per heavy atom. The normalized spacial score (nSPS) is 21.4. The Balaban J connectivity index is 1.31. The molecule has 1 N–H and O–H groups in total. The largest absolute Gasteiger partial charge is 0.494 e. The van der Waals surface area contributed by atoms with E-state index in [1.807, 2.05) is 24.3 Å². The average Bonchev–Trinajstić information content (AvgIpc) is 3.25. The standard InChI is InChI=1S/C25H28N6O4/c1-33-22-15-27-29-20-7-4-17(14-19(20)22)31-23-21(8-9-26-24(23)28-25(31)32)35-18-5-2-16(3-6-18)30-10-12-34-13-11-30/h4,7-9,14-16,18H,2-3,5-6,10-13H2,1H3,(H,26,28,32). The molecule has 1 saturated heterocycles. The molecule has 4 aromatic rings. The Hall–Kier alpha value is -3.50. The first-order chi connectivity index (χ1) is 17.2. The third-order valence-corrected chi connectivity index (χ3v) is 7.10. The smallest absolute Gasteiger partial charge is 0.332 e. The van der Waals surface area contributed by atoms with E-state index in [1.54, 1.807) is 24.1 Å². The zero-order chi connectivity index (χ0) is 23.8. The maximum absolute atomic E-state index is 13.0. The summed E-state index contributed by atoms with van der Waals surface area (Å²) in [5.41, 5.74) is 2.21. The van der Waals surface area contributed by atoms with Crippen LogP contribution < -0.4 is 15.2 Å². The molecular weight excluding hydrogens is 448 g/mol. The Labute approximate surface area is 201 Å². The highest BCUT2D eigenvalue weighted by Crippen LogP contribution is 2.32. The summed E-state index contributed by atoms with van der Waals surface area (Å²) in [6.45, 7) is 3.67. The monoisotopic (exact) mass is 476 g/mol. The van der Waals surface area contributed by atoms with Crippen molar-refractivity contribution in [1.29, 1.82) is 0 Å². The molecule has 2 aliphatic rings. The van der Waals surface area contributed by atoms with Crippen molar-refractivity contribution >= 4 is 22.1 Å². The summed E-state index contributed by atoms with van der Waals surface area (Å²) >= 11 is 0. The maximum atomic E-state index is 13.0. The van der Waals surface area contributed by atoms with E-state index >= 15 is 0 Å². The summed E-state index contributed by atoms with van der Waals surface area (Å²) in [5.74, 6) is 1.25. The fourth-order valence-corrected chi connectivity index (χ4v) is 5.32. The van der Waals surface area contributed by atoms with Gasteiger partial charge in [0, 0.05) is 36.8 Å². The van der Waals surface area contributed by atoms with Crippen molar-refractivity contribution in [2.75, 3.05) is 33.4 Å². The molecule has 0 spiro atoms. The van der Waals surface area contributed by atoms with E-state index in [1.165, 1.54) is 0 Å². The molecule has 6 rings (SSSR count). The van der Waals surface area contributed by atoms with Gasteiger partial charge in [0.25, 0.3) is 0 Å². The lowest BCUT2D eigenvalue weighted by Gasteiger charge is -2.38. The van der Waals surface area contributed by atoms with E-state index in [-0.39, 0.29) is 11.8 Å². The van der Waals surface area contributed by atoms with E-state index in [0.717, 1.165) is 57.4 Å². The Bertz CT molecular complexity index is 1400. The number of nitrogens with zero attached hydrogens (tertiary/aromatic N) is 5. The lowest BCUT2D eigenvalue weighted by atomic mass is 9.91. The molecule has 0 bridgehead atoms. The summed E-state index contributed by atoms with van der Waals surface area (Å²) in [7, 11) is 1.59. The Kier molecular flexibility index (Phi) is 5.83. The number of imidazole rings is 1. The minimum atomic E-state index is -0.278. The third-order valence-electron chi connectivity index (χ3n) is 7.10. The minimum absolute atomic E-state index is 0.100. The average molecular weight is 477 g/mol. The molecule has 0 amide bonds. The molecule has 0 radical (unpaired) electrons. The molecular formula is C25H28N6O4. The number of hydrogen-bond donors (Lipinski definition) is 1. The van der Waals surface area contributed by atoms with Crippen LogP contribution in [-0.4, -0.2) is 75.2 Å². The molecule has 0 atom stereocenters. The quantitative estimate of drug-likeness (QED) is 0.469. The van der Waals surface area contributed by atoms with Gasteiger partial charge >= 0.3 is 5.69 Å². The van der Waals surface area contributed by atoms with Crippen LogP contribution in [0.5, 0.6) is 11.5 Å². The number of aromatic amines is 1. The lowest BCUT2D eigenvalue weighted by Crippen LogP contribution is -2.46. The van der Waals surface area contributed by atoms with Crippen LogP contribution in [0.15, 0.2) is 41.5 Å². The van der Waals surface area contributed by atoms with Crippen LogP contribution in [-0.2, 0) is 4.74 Å². The fraction of sp³-hybridized carbons (Fsp3) is 0.440. The molecule has 10 nitrogen and oxygen atoms in total. The van der Waals surface area contributed by atoms with Crippen molar-refractivity contribution in [2.45, 2.75) is 37.8 Å². The van der Waals surface area contributed by atoms with Gasteiger partial charge in [-0.2, -0.15) is 10.2 Å². The van der Waals surface area contributed by atoms with Gasteiger partial charge in [-0.1, -0.05) is 0 Å². The first-order valence-corrected chi connectivity index (χ1v) is 12.1. The van der Waals surface area contributed by atoms with Crippen molar-refractivity contribution in [2.24, 2.45) is 0 Å². The molecule has 35 heavy (non-hydrogen) atoms. The molecule has 1 aromatic carbocycles. The Morgan fingerprint density at radius 3 is 2.71 bits per heavy atom. The second kappa shape index (κ2) is 9.27. The molecule has 1 saturated carbocycles. The number of nitrogens with one attached hydrogen (secondary N) is 1. The zero-order valence-corrected chi connectivity index (χ0v) is 19.6. The van der Waals surface area contributed by atoms with Gasteiger partial charge in [-0.15, -0.1) is 0 Å². The van der Waals surface area contributed by atoms with Gasteiger partial charge in [0.1, 0.15) is 17.0 Å². The van der Waals surface area contributed by atoms with Crippen molar-refractivity contribution in [3.05, 3.63) is 47.1 Å². The highest BCUT2D eigenvalue weighted by Gasteiger charge is 2.28. The second-order valence-corrected chi connectivity index (χ2v) is 9.08. The topological polar surface area (TPSA) is 107 Å². The number of ether oxygens (including phenoxy) is 3. The lowest BCUT2D eigenvalue weighted by molar-refractivity contribution is -0.000937. The predicted molar refractivity (Wildman–Crippen MR) is 130 cm³/mol. The molecule has 4 heterocycles. The van der Waals surface area contributed by atoms with E-state index in [2.05, 4.69) is 25.1 Å². The summed E-state index contributed by atoms with van der Waals surface area (Å²) < 4.78 is 19.1. The van der Waals surface area contributed by atoms with Gasteiger partial charge in [0.15, 0.2) is 5.65 Å². The zero-order valence-electron chi connectivity index (χ0n) is 19.6. The summed E-state index contributed by atoms with van der Waals surface area (Å²) in [6.07, 6.45) is 7.50. The van der Waals surface area contributed by atoms with E-state index in [4.69, 9.17) is 14.2 Å². The van der Waals surface area contributed by atoms with Crippen LogP contribution in [0.1, 0.15) is 25.7 Å². The molecule has 182 valence electrons. The first-order valence-electron chi connectivity index (χ1n) is 12.1. The molecule has 10 heteroatoms. The number of methoxy groups -OCH3 is 1. The van der Waals surface area contributed by atoms with Crippen LogP contribution >= 0.6 is 0 Å². The van der Waals surface area contributed by atoms with Crippen LogP contribution in [0, 0.1) is 0 Å². The van der Waals surface area contributed by atoms with Crippen LogP contribution in [0.3, 0.4) is 0 Å². The maximum Gasteiger partial charge on any atom is 0.332 e. The van der Waals surface area contributed by atoms with Gasteiger partial charge in [0.05, 0.1) is 43.8 Å². The van der Waals surface area contributed by atoms with E-state index in [0.29, 0.717) is 39.9 Å². The fourth-order valence-electron chi connectivity index (χ4n) is 5.32.